The maximum Gasteiger partial charge on any atom is 0.303 e. The first-order chi connectivity index (χ1) is 13.6. The summed E-state index contributed by atoms with van der Waals surface area (Å²) >= 11 is 0. The van der Waals surface area contributed by atoms with E-state index in [9.17, 15) is 9.59 Å². The molecule has 0 aliphatic carbocycles. The van der Waals surface area contributed by atoms with Crippen LogP contribution in [-0.4, -0.2) is 36.6 Å². The number of nitrogens with one attached hydrogen (secondary N) is 1. The van der Waals surface area contributed by atoms with Crippen LogP contribution in [0.15, 0.2) is 42.5 Å². The first kappa shape index (κ1) is 18.7. The number of fused-ring (bicyclic) bond motifs is 1. The van der Waals surface area contributed by atoms with Crippen molar-refractivity contribution in [1.82, 2.24) is 5.32 Å². The Bertz CT molecular complexity index is 870. The summed E-state index contributed by atoms with van der Waals surface area (Å²) in [6.07, 6.45) is 3.72. The molecule has 28 heavy (non-hydrogen) atoms. The van der Waals surface area contributed by atoms with E-state index in [-0.39, 0.29) is 12.3 Å². The van der Waals surface area contributed by atoms with Crippen molar-refractivity contribution in [3.8, 4) is 0 Å². The van der Waals surface area contributed by atoms with Crippen LogP contribution >= 0.6 is 0 Å². The van der Waals surface area contributed by atoms with Crippen molar-refractivity contribution in [1.29, 1.82) is 0 Å². The Kier molecular flexibility index (Phi) is 5.44. The third kappa shape index (κ3) is 3.94. The normalized spacial score (nSPS) is 17.4. The molecule has 0 bridgehead atoms. The van der Waals surface area contributed by atoms with Crippen LogP contribution in [0.4, 0.5) is 5.69 Å². The fraction of sp³-hybridized carbons (Fsp3) is 0.391. The van der Waals surface area contributed by atoms with Crippen LogP contribution in [0.3, 0.4) is 0 Å². The number of carbonyl (C=O) groups is 2. The van der Waals surface area contributed by atoms with Gasteiger partial charge in [0, 0.05) is 24.2 Å². The number of amides is 1. The van der Waals surface area contributed by atoms with Gasteiger partial charge in [-0.25, -0.2) is 0 Å². The minimum Gasteiger partial charge on any atom is -0.481 e. The summed E-state index contributed by atoms with van der Waals surface area (Å²) in [5, 5.41) is 12.2. The van der Waals surface area contributed by atoms with Crippen molar-refractivity contribution < 1.29 is 14.7 Å². The Morgan fingerprint density at radius 2 is 1.86 bits per heavy atom. The highest BCUT2D eigenvalue weighted by atomic mass is 16.4. The van der Waals surface area contributed by atoms with E-state index < -0.39 is 5.97 Å². The zero-order valence-corrected chi connectivity index (χ0v) is 16.0. The van der Waals surface area contributed by atoms with E-state index in [0.717, 1.165) is 54.7 Å². The first-order valence-electron chi connectivity index (χ1n) is 10.1. The second-order valence-corrected chi connectivity index (χ2v) is 7.71. The summed E-state index contributed by atoms with van der Waals surface area (Å²) in [6.45, 7) is 2.75. The largest absolute Gasteiger partial charge is 0.481 e. The van der Waals surface area contributed by atoms with Gasteiger partial charge in [-0.1, -0.05) is 24.3 Å². The predicted molar refractivity (Wildman–Crippen MR) is 109 cm³/mol. The molecule has 1 saturated heterocycles. The van der Waals surface area contributed by atoms with E-state index in [0.29, 0.717) is 18.9 Å². The third-order valence-electron chi connectivity index (χ3n) is 5.90. The van der Waals surface area contributed by atoms with Gasteiger partial charge in [0.15, 0.2) is 0 Å². The van der Waals surface area contributed by atoms with Crippen LogP contribution in [0.25, 0.3) is 0 Å². The lowest BCUT2D eigenvalue weighted by Crippen LogP contribution is -2.37. The molecule has 0 unspecified atom stereocenters. The number of anilines is 1. The maximum atomic E-state index is 13.2. The molecule has 2 N–H and O–H groups in total. The molecular weight excluding hydrogens is 352 g/mol. The van der Waals surface area contributed by atoms with Gasteiger partial charge in [-0.2, -0.15) is 0 Å². The van der Waals surface area contributed by atoms with Crippen molar-refractivity contribution in [2.45, 2.75) is 38.0 Å². The smallest absolute Gasteiger partial charge is 0.303 e. The maximum absolute atomic E-state index is 13.2. The highest BCUT2D eigenvalue weighted by Crippen LogP contribution is 2.30. The number of piperidine rings is 1. The number of nitrogens with zero attached hydrogens (tertiary/aromatic N) is 1. The van der Waals surface area contributed by atoms with Crippen LogP contribution in [-0.2, 0) is 17.6 Å². The second kappa shape index (κ2) is 8.15. The number of aryl methyl sites for hydroxylation is 1. The molecule has 0 atom stereocenters. The highest BCUT2D eigenvalue weighted by Gasteiger charge is 2.27. The summed E-state index contributed by atoms with van der Waals surface area (Å²) in [5.41, 5.74) is 5.10. The molecule has 1 fully saturated rings. The lowest BCUT2D eigenvalue weighted by molar-refractivity contribution is -0.136. The Labute approximate surface area is 165 Å². The fourth-order valence-corrected chi connectivity index (χ4v) is 4.24. The molecular formula is C23H26N2O3. The fourth-order valence-electron chi connectivity index (χ4n) is 4.24. The molecule has 2 heterocycles. The SMILES string of the molecule is O=C(O)CCc1ccc(N2CCc3ccc(C4CCNCC4)cc3C2=O)cc1. The van der Waals surface area contributed by atoms with E-state index in [1.165, 1.54) is 5.56 Å². The number of carboxylic acid groups (broad SMARTS) is 1. The molecule has 5 nitrogen and oxygen atoms in total. The number of aliphatic carboxylic acids is 1. The lowest BCUT2D eigenvalue weighted by Gasteiger charge is -2.30. The number of hydrogen-bond donors (Lipinski definition) is 2. The van der Waals surface area contributed by atoms with E-state index in [1.807, 2.05) is 29.2 Å². The van der Waals surface area contributed by atoms with Gasteiger partial charge in [0.1, 0.15) is 0 Å². The number of carbonyl (C=O) groups excluding carboxylic acids is 1. The molecule has 1 amide bonds. The Balaban J connectivity index is 1.53. The molecule has 4 rings (SSSR count). The van der Waals surface area contributed by atoms with Crippen molar-refractivity contribution in [2.24, 2.45) is 0 Å². The Hall–Kier alpha value is -2.66. The lowest BCUT2D eigenvalue weighted by atomic mass is 9.86. The number of benzene rings is 2. The first-order valence-corrected chi connectivity index (χ1v) is 10.1. The molecule has 0 aromatic heterocycles. The highest BCUT2D eigenvalue weighted by molar-refractivity contribution is 6.08. The second-order valence-electron chi connectivity index (χ2n) is 7.71. The van der Waals surface area contributed by atoms with Crippen LogP contribution < -0.4 is 10.2 Å². The monoisotopic (exact) mass is 378 g/mol. The van der Waals surface area contributed by atoms with Crippen molar-refractivity contribution in [2.75, 3.05) is 24.5 Å². The minimum atomic E-state index is -0.795. The molecule has 2 aliphatic heterocycles. The van der Waals surface area contributed by atoms with Gasteiger partial charge in [-0.15, -0.1) is 0 Å². The minimum absolute atomic E-state index is 0.0651. The van der Waals surface area contributed by atoms with E-state index in [4.69, 9.17) is 5.11 Å². The van der Waals surface area contributed by atoms with Gasteiger partial charge in [0.2, 0.25) is 0 Å². The number of carboxylic acids is 1. The van der Waals surface area contributed by atoms with Gasteiger partial charge in [-0.3, -0.25) is 9.59 Å². The summed E-state index contributed by atoms with van der Waals surface area (Å²) < 4.78 is 0. The van der Waals surface area contributed by atoms with Gasteiger partial charge >= 0.3 is 5.97 Å². The third-order valence-corrected chi connectivity index (χ3v) is 5.90. The molecule has 0 saturated carbocycles. The molecule has 2 aromatic carbocycles. The zero-order valence-electron chi connectivity index (χ0n) is 16.0. The summed E-state index contributed by atoms with van der Waals surface area (Å²) in [5.74, 6) is -0.199. The quantitative estimate of drug-likeness (QED) is 0.837. The van der Waals surface area contributed by atoms with Gasteiger partial charge in [-0.05, 0) is 79.6 Å². The molecule has 5 heteroatoms. The topological polar surface area (TPSA) is 69.6 Å². The number of hydrogen-bond acceptors (Lipinski definition) is 3. The number of rotatable bonds is 5. The van der Waals surface area contributed by atoms with Crippen LogP contribution in [0.2, 0.25) is 0 Å². The Morgan fingerprint density at radius 1 is 1.11 bits per heavy atom. The molecule has 2 aliphatic rings. The predicted octanol–water partition coefficient (Wildman–Crippen LogP) is 3.37. The van der Waals surface area contributed by atoms with Crippen molar-refractivity contribution in [3.63, 3.8) is 0 Å². The molecule has 146 valence electrons. The molecule has 0 spiro atoms. The van der Waals surface area contributed by atoms with Crippen molar-refractivity contribution in [3.05, 3.63) is 64.7 Å². The van der Waals surface area contributed by atoms with Crippen LogP contribution in [0.1, 0.15) is 52.2 Å². The molecule has 0 radical (unpaired) electrons. The molecule has 2 aromatic rings. The van der Waals surface area contributed by atoms with Crippen molar-refractivity contribution >= 4 is 17.6 Å². The summed E-state index contributed by atoms with van der Waals surface area (Å²) in [6, 6.07) is 14.2. The van der Waals surface area contributed by atoms with Gasteiger partial charge in [0.25, 0.3) is 5.91 Å². The van der Waals surface area contributed by atoms with E-state index in [1.54, 1.807) is 0 Å². The standard InChI is InChI=1S/C23H26N2O3/c26-22(27)8-3-16-1-6-20(7-2-16)25-14-11-18-4-5-19(15-21(18)23(25)28)17-9-12-24-13-10-17/h1-2,4-7,15,17,24H,3,8-14H2,(H,26,27). The Morgan fingerprint density at radius 3 is 2.57 bits per heavy atom. The average Bonchev–Trinajstić information content (AvgIpc) is 2.73. The van der Waals surface area contributed by atoms with Crippen LogP contribution in [0, 0.1) is 0 Å². The zero-order chi connectivity index (χ0) is 19.5. The van der Waals surface area contributed by atoms with Gasteiger partial charge in [0.05, 0.1) is 0 Å². The summed E-state index contributed by atoms with van der Waals surface area (Å²) in [4.78, 5) is 25.8. The van der Waals surface area contributed by atoms with Crippen LogP contribution in [0.5, 0.6) is 0 Å². The van der Waals surface area contributed by atoms with E-state index >= 15 is 0 Å². The summed E-state index contributed by atoms with van der Waals surface area (Å²) in [7, 11) is 0. The average molecular weight is 378 g/mol. The van der Waals surface area contributed by atoms with Gasteiger partial charge < -0.3 is 15.3 Å². The van der Waals surface area contributed by atoms with E-state index in [2.05, 4.69) is 23.5 Å².